The Hall–Kier alpha value is -2.98. The number of pyridine rings is 1. The molecular formula is C27H36N4O5S. The monoisotopic (exact) mass is 528 g/mol. The van der Waals surface area contributed by atoms with Gasteiger partial charge in [0.15, 0.2) is 21.5 Å². The second-order valence-corrected chi connectivity index (χ2v) is 12.9. The van der Waals surface area contributed by atoms with E-state index in [0.717, 1.165) is 18.4 Å². The normalized spacial score (nSPS) is 17.2. The van der Waals surface area contributed by atoms with E-state index in [1.54, 1.807) is 63.4 Å². The van der Waals surface area contributed by atoms with Crippen LogP contribution in [0, 0.1) is 18.3 Å². The molecule has 4 rings (SSSR count). The molecule has 0 aliphatic heterocycles. The van der Waals surface area contributed by atoms with Crippen molar-refractivity contribution < 1.29 is 22.6 Å². The van der Waals surface area contributed by atoms with Crippen molar-refractivity contribution in [1.82, 2.24) is 19.7 Å². The molecule has 0 N–H and O–H groups in total. The van der Waals surface area contributed by atoms with E-state index in [4.69, 9.17) is 14.2 Å². The van der Waals surface area contributed by atoms with Crippen molar-refractivity contribution in [2.45, 2.75) is 57.6 Å². The maximum absolute atomic E-state index is 13.8. The van der Waals surface area contributed by atoms with Crippen molar-refractivity contribution in [2.24, 2.45) is 11.3 Å². The van der Waals surface area contributed by atoms with E-state index < -0.39 is 21.2 Å². The first-order valence-electron chi connectivity index (χ1n) is 12.3. The molecule has 0 spiro atoms. The number of aromatic nitrogens is 4. The van der Waals surface area contributed by atoms with Crippen LogP contribution < -0.4 is 9.47 Å². The van der Waals surface area contributed by atoms with Gasteiger partial charge in [-0.1, -0.05) is 19.9 Å². The maximum Gasteiger partial charge on any atom is 0.170 e. The third-order valence-electron chi connectivity index (χ3n) is 7.21. The van der Waals surface area contributed by atoms with Gasteiger partial charge in [-0.2, -0.15) is 0 Å². The summed E-state index contributed by atoms with van der Waals surface area (Å²) in [6.45, 7) is 8.05. The van der Waals surface area contributed by atoms with E-state index in [1.165, 1.54) is 0 Å². The topological polar surface area (TPSA) is 105 Å². The Labute approximate surface area is 219 Å². The van der Waals surface area contributed by atoms with E-state index in [0.29, 0.717) is 28.6 Å². The summed E-state index contributed by atoms with van der Waals surface area (Å²) in [7, 11) is 1.02. The average molecular weight is 529 g/mol. The largest absolute Gasteiger partial charge is 0.494 e. The molecule has 1 aliphatic rings. The van der Waals surface area contributed by atoms with Gasteiger partial charge in [-0.15, -0.1) is 10.2 Å². The second-order valence-electron chi connectivity index (χ2n) is 10.6. The zero-order valence-corrected chi connectivity index (χ0v) is 23.4. The lowest BCUT2D eigenvalue weighted by Crippen LogP contribution is -2.47. The summed E-state index contributed by atoms with van der Waals surface area (Å²) >= 11 is 0. The van der Waals surface area contributed by atoms with Crippen LogP contribution in [0.25, 0.3) is 17.1 Å². The highest BCUT2D eigenvalue weighted by atomic mass is 32.2. The number of rotatable bonds is 10. The van der Waals surface area contributed by atoms with Crippen molar-refractivity contribution in [2.75, 3.05) is 21.3 Å². The fourth-order valence-corrected chi connectivity index (χ4v) is 6.99. The lowest BCUT2D eigenvalue weighted by molar-refractivity contribution is -0.0368. The summed E-state index contributed by atoms with van der Waals surface area (Å²) in [5.41, 5.74) is 2.37. The van der Waals surface area contributed by atoms with Gasteiger partial charge in [0.1, 0.15) is 22.9 Å². The lowest BCUT2D eigenvalue weighted by atomic mass is 9.62. The first-order chi connectivity index (χ1) is 17.5. The Morgan fingerprint density at radius 1 is 1.08 bits per heavy atom. The molecular weight excluding hydrogens is 492 g/mol. The van der Waals surface area contributed by atoms with Crippen molar-refractivity contribution in [3.8, 4) is 28.6 Å². The number of hydrogen-bond donors (Lipinski definition) is 0. The minimum Gasteiger partial charge on any atom is -0.494 e. The van der Waals surface area contributed by atoms with Crippen molar-refractivity contribution in [1.29, 1.82) is 0 Å². The lowest BCUT2D eigenvalue weighted by Gasteiger charge is -2.47. The molecule has 2 atom stereocenters. The molecule has 3 aromatic rings. The molecule has 1 saturated carbocycles. The SMILES string of the molecule is COc1cccc(OC)c1-n1c(CS(=O)(=O)[C@@H](C)[C@@H](OC)C2CC(C)(C)C2)nnc1-c1cncc(C)c1. The quantitative estimate of drug-likeness (QED) is 0.381. The highest BCUT2D eigenvalue weighted by Crippen LogP contribution is 2.48. The molecule has 0 amide bonds. The maximum atomic E-state index is 13.8. The van der Waals surface area contributed by atoms with Crippen molar-refractivity contribution in [3.63, 3.8) is 0 Å². The van der Waals surface area contributed by atoms with Gasteiger partial charge >= 0.3 is 0 Å². The van der Waals surface area contributed by atoms with E-state index in [1.807, 2.05) is 13.0 Å². The van der Waals surface area contributed by atoms with E-state index in [-0.39, 0.29) is 22.9 Å². The molecule has 1 fully saturated rings. The van der Waals surface area contributed by atoms with Gasteiger partial charge in [0.2, 0.25) is 0 Å². The minimum absolute atomic E-state index is 0.200. The highest BCUT2D eigenvalue weighted by molar-refractivity contribution is 7.91. The van der Waals surface area contributed by atoms with Gasteiger partial charge in [0.25, 0.3) is 0 Å². The first-order valence-corrected chi connectivity index (χ1v) is 14.0. The van der Waals surface area contributed by atoms with E-state index >= 15 is 0 Å². The summed E-state index contributed by atoms with van der Waals surface area (Å²) in [5.74, 6) is 1.58. The molecule has 2 aromatic heterocycles. The predicted octanol–water partition coefficient (Wildman–Crippen LogP) is 4.41. The van der Waals surface area contributed by atoms with E-state index in [2.05, 4.69) is 29.0 Å². The number of nitrogens with zero attached hydrogens (tertiary/aromatic N) is 4. The zero-order chi connectivity index (χ0) is 27.0. The zero-order valence-electron chi connectivity index (χ0n) is 22.6. The van der Waals surface area contributed by atoms with Crippen LogP contribution in [-0.2, 0) is 20.3 Å². The molecule has 1 aliphatic carbocycles. The van der Waals surface area contributed by atoms with Gasteiger partial charge in [-0.05, 0) is 61.8 Å². The number of aryl methyl sites for hydroxylation is 1. The van der Waals surface area contributed by atoms with Crippen LogP contribution in [-0.4, -0.2) is 60.8 Å². The molecule has 0 radical (unpaired) electrons. The second kappa shape index (κ2) is 10.4. The number of benzene rings is 1. The summed E-state index contributed by atoms with van der Waals surface area (Å²) in [6.07, 6.45) is 4.90. The Bertz CT molecular complexity index is 1340. The fourth-order valence-electron chi connectivity index (χ4n) is 5.44. The Kier molecular flexibility index (Phi) is 7.62. The Balaban J connectivity index is 1.80. The summed E-state index contributed by atoms with van der Waals surface area (Å²) < 4.78 is 46.3. The smallest absolute Gasteiger partial charge is 0.170 e. The number of para-hydroxylation sites is 1. The third kappa shape index (κ3) is 5.36. The fraction of sp³-hybridized carbons (Fsp3) is 0.519. The van der Waals surface area contributed by atoms with Gasteiger partial charge in [0.05, 0.1) is 25.6 Å². The van der Waals surface area contributed by atoms with Crippen molar-refractivity contribution >= 4 is 9.84 Å². The third-order valence-corrected chi connectivity index (χ3v) is 9.28. The molecule has 2 heterocycles. The van der Waals surface area contributed by atoms with Gasteiger partial charge in [0, 0.05) is 25.1 Å². The van der Waals surface area contributed by atoms with Crippen LogP contribution in [0.5, 0.6) is 11.5 Å². The first kappa shape index (κ1) is 27.1. The number of hydrogen-bond acceptors (Lipinski definition) is 8. The Morgan fingerprint density at radius 2 is 1.73 bits per heavy atom. The van der Waals surface area contributed by atoms with Crippen LogP contribution in [0.4, 0.5) is 0 Å². The molecule has 37 heavy (non-hydrogen) atoms. The molecule has 10 heteroatoms. The van der Waals surface area contributed by atoms with Gasteiger partial charge < -0.3 is 14.2 Å². The summed E-state index contributed by atoms with van der Waals surface area (Å²) in [4.78, 5) is 4.30. The van der Waals surface area contributed by atoms with E-state index in [9.17, 15) is 8.42 Å². The molecule has 200 valence electrons. The van der Waals surface area contributed by atoms with Crippen molar-refractivity contribution in [3.05, 3.63) is 48.0 Å². The highest BCUT2D eigenvalue weighted by Gasteiger charge is 2.45. The van der Waals surface area contributed by atoms with Gasteiger partial charge in [-0.25, -0.2) is 8.42 Å². The van der Waals surface area contributed by atoms with Crippen LogP contribution in [0.2, 0.25) is 0 Å². The molecule has 9 nitrogen and oxygen atoms in total. The molecule has 0 bridgehead atoms. The number of sulfone groups is 1. The number of ether oxygens (including phenoxy) is 3. The molecule has 0 unspecified atom stereocenters. The average Bonchev–Trinajstić information content (AvgIpc) is 3.24. The number of methoxy groups -OCH3 is 3. The molecule has 0 saturated heterocycles. The van der Waals surface area contributed by atoms with Crippen LogP contribution >= 0.6 is 0 Å². The standard InChI is InChI=1S/C27H36N4O5S/c1-17-11-19(15-28-14-17)26-30-29-23(31(26)24-21(34-5)9-8-10-22(24)35-6)16-37(32,33)18(2)25(36-7)20-12-27(3,4)13-20/h8-11,14-15,18,20,25H,12-13,16H2,1-7H3/t18-,25+/m0/s1. The van der Waals surface area contributed by atoms with Crippen LogP contribution in [0.3, 0.4) is 0 Å². The minimum atomic E-state index is -3.68. The van der Waals surface area contributed by atoms with Crippen LogP contribution in [0.15, 0.2) is 36.7 Å². The summed E-state index contributed by atoms with van der Waals surface area (Å²) in [6, 6.07) is 7.31. The van der Waals surface area contributed by atoms with Crippen LogP contribution in [0.1, 0.15) is 45.0 Å². The Morgan fingerprint density at radius 3 is 2.27 bits per heavy atom. The van der Waals surface area contributed by atoms with Gasteiger partial charge in [-0.3, -0.25) is 9.55 Å². The molecule has 1 aromatic carbocycles. The predicted molar refractivity (Wildman–Crippen MR) is 142 cm³/mol. The summed E-state index contributed by atoms with van der Waals surface area (Å²) in [5, 5.41) is 8.05.